The zero-order valence-electron chi connectivity index (χ0n) is 9.87. The summed E-state index contributed by atoms with van der Waals surface area (Å²) >= 11 is 0. The summed E-state index contributed by atoms with van der Waals surface area (Å²) in [5.41, 5.74) is 2.78. The first kappa shape index (κ1) is 25.2. The Hall–Kier alpha value is 0.211. The van der Waals surface area contributed by atoms with E-state index in [2.05, 4.69) is 32.0 Å². The zero-order chi connectivity index (χ0) is 8.81. The summed E-state index contributed by atoms with van der Waals surface area (Å²) in [5.74, 6) is 0. The second-order valence-corrected chi connectivity index (χ2v) is 2.85. The molecule has 0 amide bonds. The van der Waals surface area contributed by atoms with Crippen molar-refractivity contribution in [3.8, 4) is 0 Å². The van der Waals surface area contributed by atoms with Gasteiger partial charge in [-0.25, -0.2) is 24.3 Å². The molecule has 2 aromatic carbocycles. The van der Waals surface area contributed by atoms with Crippen molar-refractivity contribution in [2.24, 2.45) is 0 Å². The van der Waals surface area contributed by atoms with Crippen LogP contribution in [0.4, 0.5) is 0 Å². The predicted octanol–water partition coefficient (Wildman–Crippen LogP) is -3.75. The van der Waals surface area contributed by atoms with Gasteiger partial charge in [0, 0.05) is 0 Å². The van der Waals surface area contributed by atoms with E-state index >= 15 is 0 Å². The summed E-state index contributed by atoms with van der Waals surface area (Å²) in [4.78, 5) is 0. The number of hydrogen-bond acceptors (Lipinski definition) is 0. The van der Waals surface area contributed by atoms with Crippen LogP contribution in [-0.2, 0) is 21.7 Å². The molecule has 0 spiro atoms. The molecule has 0 nitrogen and oxygen atoms in total. The average Bonchev–Trinajstić information content (AvgIpc) is 2.67. The smallest absolute Gasteiger partial charge is 1.00 e. The molecule has 2 aromatic rings. The number of hydrogen-bond donors (Lipinski definition) is 0. The Morgan fingerprint density at radius 2 is 1.56 bits per heavy atom. The zero-order valence-corrected chi connectivity index (χ0v) is 14.9. The third-order valence-electron chi connectivity index (χ3n) is 1.87. The fourth-order valence-electron chi connectivity index (χ4n) is 0.920. The van der Waals surface area contributed by atoms with Gasteiger partial charge in [0.05, 0.1) is 0 Å². The molecule has 0 heterocycles. The number of halogens is 2. The Bertz CT molecular complexity index is 271. The molecule has 1 radical (unpaired) electrons. The van der Waals surface area contributed by atoms with Crippen molar-refractivity contribution in [3.63, 3.8) is 0 Å². The van der Waals surface area contributed by atoms with Crippen molar-refractivity contribution in [3.05, 3.63) is 59.7 Å². The minimum atomic E-state index is 0. The first-order valence-corrected chi connectivity index (χ1v) is 4.16. The van der Waals surface area contributed by atoms with E-state index in [4.69, 9.17) is 0 Å². The summed E-state index contributed by atoms with van der Waals surface area (Å²) in [6, 6.07) is 16.3. The molecule has 0 saturated carbocycles. The van der Waals surface area contributed by atoms with Gasteiger partial charge in [-0.05, 0) is 11.0 Å². The van der Waals surface area contributed by atoms with Crippen LogP contribution in [0.2, 0.25) is 0 Å². The van der Waals surface area contributed by atoms with Gasteiger partial charge >= 0.3 is 21.7 Å². The normalized spacial score (nSPS) is 6.62. The summed E-state index contributed by atoms with van der Waals surface area (Å²) in [7, 11) is 0. The van der Waals surface area contributed by atoms with E-state index < -0.39 is 0 Å². The molecule has 0 bridgehead atoms. The Morgan fingerprint density at radius 3 is 1.69 bits per heavy atom. The standard InChI is InChI=1S/C7H9.C5H5.2ClH.H3Si.Ti/c1-6-4-3-5-7(6)2;1-2-4-5-3-1;;;;/h3-5H,1-2H3;1-5H;2*1H;1H3;/q2*-1;;;;+4/p-2. The van der Waals surface area contributed by atoms with Gasteiger partial charge < -0.3 is 24.8 Å². The topological polar surface area (TPSA) is 0 Å². The minimum absolute atomic E-state index is 0. The Balaban J connectivity index is -0.0000000739. The molecule has 0 aliphatic carbocycles. The monoisotopic (exact) mass is 307 g/mol. The van der Waals surface area contributed by atoms with Gasteiger partial charge in [0.2, 0.25) is 0 Å². The molecule has 0 unspecified atom stereocenters. The first-order valence-electron chi connectivity index (χ1n) is 4.16. The molecule has 87 valence electrons. The Morgan fingerprint density at radius 1 is 1.06 bits per heavy atom. The van der Waals surface area contributed by atoms with E-state index in [-0.39, 0.29) is 57.5 Å². The van der Waals surface area contributed by atoms with Crippen LogP contribution in [0.1, 0.15) is 11.1 Å². The van der Waals surface area contributed by atoms with Crippen molar-refractivity contribution in [2.75, 3.05) is 0 Å². The third-order valence-corrected chi connectivity index (χ3v) is 1.87. The van der Waals surface area contributed by atoms with Crippen LogP contribution in [0.5, 0.6) is 0 Å². The maximum absolute atomic E-state index is 2.12. The van der Waals surface area contributed by atoms with E-state index in [1.165, 1.54) is 11.1 Å². The second-order valence-electron chi connectivity index (χ2n) is 2.85. The molecule has 0 aliphatic rings. The fraction of sp³-hybridized carbons (Fsp3) is 0.167. The largest absolute Gasteiger partial charge is 4.00 e. The molecule has 16 heavy (non-hydrogen) atoms. The average molecular weight is 308 g/mol. The van der Waals surface area contributed by atoms with Crippen LogP contribution in [0.25, 0.3) is 0 Å². The second kappa shape index (κ2) is 15.2. The number of rotatable bonds is 0. The van der Waals surface area contributed by atoms with Gasteiger partial charge in [-0.1, -0.05) is 13.8 Å². The van der Waals surface area contributed by atoms with Crippen LogP contribution in [-0.4, -0.2) is 11.0 Å². The Labute approximate surface area is 130 Å². The van der Waals surface area contributed by atoms with E-state index in [0.29, 0.717) is 0 Å². The van der Waals surface area contributed by atoms with Gasteiger partial charge in [0.15, 0.2) is 0 Å². The molecule has 0 saturated heterocycles. The molecule has 2 rings (SSSR count). The van der Waals surface area contributed by atoms with E-state index in [1.54, 1.807) is 0 Å². The van der Waals surface area contributed by atoms with E-state index in [0.717, 1.165) is 0 Å². The van der Waals surface area contributed by atoms with E-state index in [9.17, 15) is 0 Å². The Kier molecular flexibility index (Phi) is 23.9. The summed E-state index contributed by atoms with van der Waals surface area (Å²) < 4.78 is 0. The third kappa shape index (κ3) is 10.7. The fourth-order valence-corrected chi connectivity index (χ4v) is 0.920. The van der Waals surface area contributed by atoms with Gasteiger partial charge in [-0.2, -0.15) is 35.4 Å². The quantitative estimate of drug-likeness (QED) is 0.347. The first-order chi connectivity index (χ1) is 5.80. The SMILES string of the molecule is Cc1ccc[c-]1C.[Cl-].[Cl-].[SiH3].[Ti+4].c1cc[cH-]c1. The van der Waals surface area contributed by atoms with Crippen LogP contribution in [0, 0.1) is 13.8 Å². The van der Waals surface area contributed by atoms with Gasteiger partial charge in [0.25, 0.3) is 0 Å². The molecule has 0 N–H and O–H groups in total. The summed E-state index contributed by atoms with van der Waals surface area (Å²) in [5, 5.41) is 0. The molecule has 0 aliphatic heterocycles. The van der Waals surface area contributed by atoms with E-state index in [1.807, 2.05) is 30.3 Å². The van der Waals surface area contributed by atoms with Gasteiger partial charge in [0.1, 0.15) is 0 Å². The van der Waals surface area contributed by atoms with Crippen LogP contribution in [0.15, 0.2) is 48.5 Å². The summed E-state index contributed by atoms with van der Waals surface area (Å²) in [6.45, 7) is 4.24. The maximum Gasteiger partial charge on any atom is 4.00 e. The summed E-state index contributed by atoms with van der Waals surface area (Å²) in [6.07, 6.45) is 0. The van der Waals surface area contributed by atoms with Crippen molar-refractivity contribution in [1.82, 2.24) is 0 Å². The van der Waals surface area contributed by atoms with Crippen molar-refractivity contribution >= 4 is 11.0 Å². The van der Waals surface area contributed by atoms with Gasteiger partial charge in [-0.15, -0.1) is 0 Å². The minimum Gasteiger partial charge on any atom is -1.00 e. The van der Waals surface area contributed by atoms with Crippen LogP contribution >= 0.6 is 0 Å². The van der Waals surface area contributed by atoms with Crippen LogP contribution in [0.3, 0.4) is 0 Å². The predicted molar refractivity (Wildman–Crippen MR) is 63.5 cm³/mol. The maximum atomic E-state index is 2.12. The molecular formula is C12H17Cl2SiTi. The molecular weight excluding hydrogens is 291 g/mol. The number of aryl methyl sites for hydroxylation is 2. The van der Waals surface area contributed by atoms with Crippen molar-refractivity contribution in [1.29, 1.82) is 0 Å². The van der Waals surface area contributed by atoms with Crippen molar-refractivity contribution in [2.45, 2.75) is 13.8 Å². The molecule has 0 fully saturated rings. The van der Waals surface area contributed by atoms with Crippen molar-refractivity contribution < 1.29 is 46.5 Å². The van der Waals surface area contributed by atoms with Crippen LogP contribution < -0.4 is 24.8 Å². The van der Waals surface area contributed by atoms with Gasteiger partial charge in [-0.3, -0.25) is 0 Å². The molecule has 4 heteroatoms. The molecule has 0 aromatic heterocycles. The molecule has 0 atom stereocenters.